The Hall–Kier alpha value is -3.13. The number of fused-ring (bicyclic) bond motifs is 1. The minimum absolute atomic E-state index is 0.0493. The summed E-state index contributed by atoms with van der Waals surface area (Å²) in [5.41, 5.74) is 0.949. The maximum Gasteiger partial charge on any atom is 0.416 e. The molecule has 0 spiro atoms. The quantitative estimate of drug-likeness (QED) is 0.371. The molecule has 0 saturated heterocycles. The minimum atomic E-state index is -4.49. The molecule has 0 atom stereocenters. The lowest BCUT2D eigenvalue weighted by Gasteiger charge is -2.08. The van der Waals surface area contributed by atoms with Gasteiger partial charge in [-0.15, -0.1) is 0 Å². The van der Waals surface area contributed by atoms with Crippen molar-refractivity contribution in [2.45, 2.75) is 18.0 Å². The molecule has 3 aromatic carbocycles. The van der Waals surface area contributed by atoms with E-state index in [4.69, 9.17) is 0 Å². The second-order valence-corrected chi connectivity index (χ2v) is 8.71. The van der Waals surface area contributed by atoms with Crippen LogP contribution >= 0.6 is 0 Å². The highest BCUT2D eigenvalue weighted by Crippen LogP contribution is 2.36. The Morgan fingerprint density at radius 2 is 1.50 bits per heavy atom. The van der Waals surface area contributed by atoms with E-state index in [1.165, 1.54) is 42.6 Å². The van der Waals surface area contributed by atoms with Gasteiger partial charge >= 0.3 is 6.18 Å². The molecule has 1 heterocycles. The third kappa shape index (κ3) is 3.47. The largest absolute Gasteiger partial charge is 0.416 e. The van der Waals surface area contributed by atoms with Gasteiger partial charge in [-0.3, -0.25) is 0 Å². The van der Waals surface area contributed by atoms with Crippen molar-refractivity contribution in [2.24, 2.45) is 0 Å². The van der Waals surface area contributed by atoms with Crippen molar-refractivity contribution in [3.8, 4) is 11.1 Å². The number of rotatable bonds is 3. The summed E-state index contributed by atoms with van der Waals surface area (Å²) in [7, 11) is -4.00. The van der Waals surface area contributed by atoms with Gasteiger partial charge in [-0.2, -0.15) is 13.2 Å². The van der Waals surface area contributed by atoms with Crippen LogP contribution in [0.1, 0.15) is 11.1 Å². The third-order valence-corrected chi connectivity index (χ3v) is 6.52. The first-order valence-electron chi connectivity index (χ1n) is 8.88. The summed E-state index contributed by atoms with van der Waals surface area (Å²) >= 11 is 0. The normalized spacial score (nSPS) is 12.4. The van der Waals surface area contributed by atoms with Gasteiger partial charge < -0.3 is 0 Å². The predicted molar refractivity (Wildman–Crippen MR) is 106 cm³/mol. The molecule has 30 heavy (non-hydrogen) atoms. The van der Waals surface area contributed by atoms with Crippen molar-refractivity contribution in [3.05, 3.63) is 89.9 Å². The first-order valence-corrected chi connectivity index (χ1v) is 10.3. The number of halogens is 4. The van der Waals surface area contributed by atoms with E-state index in [1.807, 2.05) is 6.92 Å². The molecule has 3 nitrogen and oxygen atoms in total. The van der Waals surface area contributed by atoms with E-state index in [9.17, 15) is 26.0 Å². The SMILES string of the molecule is Cc1ccc(S(=O)(=O)n2cc(-c3ccc(C(F)(F)F)cc3)c3cc(F)ccc32)cc1. The second kappa shape index (κ2) is 6.98. The van der Waals surface area contributed by atoms with Crippen LogP contribution in [0, 0.1) is 12.7 Å². The van der Waals surface area contributed by atoms with Crippen LogP contribution in [-0.2, 0) is 16.2 Å². The first-order chi connectivity index (χ1) is 14.1. The summed E-state index contributed by atoms with van der Waals surface area (Å²) in [5.74, 6) is -0.582. The molecule has 0 amide bonds. The zero-order chi connectivity index (χ0) is 21.7. The standard InChI is InChI=1S/C22H15F4NO2S/c1-14-2-9-18(10-3-14)30(28,29)27-13-20(19-12-17(23)8-11-21(19)27)15-4-6-16(7-5-15)22(24,25)26/h2-13H,1H3. The monoisotopic (exact) mass is 433 g/mol. The van der Waals surface area contributed by atoms with E-state index in [0.29, 0.717) is 11.1 Å². The topological polar surface area (TPSA) is 39.1 Å². The molecular weight excluding hydrogens is 418 g/mol. The van der Waals surface area contributed by atoms with Crippen LogP contribution in [0.5, 0.6) is 0 Å². The van der Waals surface area contributed by atoms with Gasteiger partial charge in [0.15, 0.2) is 0 Å². The number of aromatic nitrogens is 1. The van der Waals surface area contributed by atoms with E-state index in [0.717, 1.165) is 27.7 Å². The zero-order valence-electron chi connectivity index (χ0n) is 15.6. The van der Waals surface area contributed by atoms with Crippen molar-refractivity contribution in [2.75, 3.05) is 0 Å². The fourth-order valence-corrected chi connectivity index (χ4v) is 4.63. The lowest BCUT2D eigenvalue weighted by Crippen LogP contribution is -2.11. The summed E-state index contributed by atoms with van der Waals surface area (Å²) < 4.78 is 79.9. The summed E-state index contributed by atoms with van der Waals surface area (Å²) in [6, 6.07) is 14.2. The molecular formula is C22H15F4NO2S. The van der Waals surface area contributed by atoms with Crippen LogP contribution in [0.15, 0.2) is 77.8 Å². The van der Waals surface area contributed by atoms with E-state index in [2.05, 4.69) is 0 Å². The Balaban J connectivity index is 1.93. The number of benzene rings is 3. The maximum atomic E-state index is 13.9. The smallest absolute Gasteiger partial charge is 0.241 e. The summed E-state index contributed by atoms with van der Waals surface area (Å²) in [6.45, 7) is 1.83. The van der Waals surface area contributed by atoms with Crippen LogP contribution < -0.4 is 0 Å². The highest BCUT2D eigenvalue weighted by Gasteiger charge is 2.30. The molecule has 154 valence electrons. The second-order valence-electron chi connectivity index (χ2n) is 6.89. The third-order valence-electron chi connectivity index (χ3n) is 4.83. The maximum absolute atomic E-state index is 13.9. The Kier molecular flexibility index (Phi) is 4.69. The molecule has 4 rings (SSSR count). The lowest BCUT2D eigenvalue weighted by molar-refractivity contribution is -0.137. The van der Waals surface area contributed by atoms with Gasteiger partial charge in [-0.05, 0) is 55.0 Å². The van der Waals surface area contributed by atoms with Crippen molar-refractivity contribution >= 4 is 20.9 Å². The van der Waals surface area contributed by atoms with Crippen molar-refractivity contribution in [1.82, 2.24) is 3.97 Å². The Morgan fingerprint density at radius 3 is 2.10 bits per heavy atom. The molecule has 4 aromatic rings. The van der Waals surface area contributed by atoms with Crippen LogP contribution in [0.25, 0.3) is 22.0 Å². The lowest BCUT2D eigenvalue weighted by atomic mass is 10.0. The molecule has 1 aromatic heterocycles. The highest BCUT2D eigenvalue weighted by atomic mass is 32.2. The van der Waals surface area contributed by atoms with Crippen LogP contribution in [-0.4, -0.2) is 12.4 Å². The van der Waals surface area contributed by atoms with Gasteiger partial charge in [0.2, 0.25) is 0 Å². The average Bonchev–Trinajstić information content (AvgIpc) is 3.07. The zero-order valence-corrected chi connectivity index (χ0v) is 16.4. The van der Waals surface area contributed by atoms with Crippen LogP contribution in [0.2, 0.25) is 0 Å². The van der Waals surface area contributed by atoms with Crippen LogP contribution in [0.4, 0.5) is 17.6 Å². The molecule has 0 fully saturated rings. The summed E-state index contributed by atoms with van der Waals surface area (Å²) in [4.78, 5) is 0.0493. The van der Waals surface area contributed by atoms with Gasteiger partial charge in [0, 0.05) is 17.1 Å². The molecule has 0 saturated carbocycles. The fraction of sp³-hybridized carbons (Fsp3) is 0.0909. The molecule has 0 radical (unpaired) electrons. The number of hydrogen-bond donors (Lipinski definition) is 0. The molecule has 0 N–H and O–H groups in total. The van der Waals surface area contributed by atoms with Gasteiger partial charge in [-0.1, -0.05) is 29.8 Å². The molecule has 8 heteroatoms. The summed E-state index contributed by atoms with van der Waals surface area (Å²) in [6.07, 6.45) is -3.19. The van der Waals surface area contributed by atoms with Gasteiger partial charge in [0.25, 0.3) is 10.0 Å². The van der Waals surface area contributed by atoms with Crippen LogP contribution in [0.3, 0.4) is 0 Å². The molecule has 0 aliphatic rings. The van der Waals surface area contributed by atoms with E-state index < -0.39 is 27.6 Å². The fourth-order valence-electron chi connectivity index (χ4n) is 3.26. The predicted octanol–water partition coefficient (Wildman–Crippen LogP) is 6.01. The summed E-state index contributed by atoms with van der Waals surface area (Å²) in [5, 5.41) is 0.283. The number of alkyl halides is 3. The first kappa shape index (κ1) is 20.2. The van der Waals surface area contributed by atoms with Gasteiger partial charge in [0.1, 0.15) is 5.82 Å². The molecule has 0 aliphatic heterocycles. The Labute approximate surface area is 170 Å². The van der Waals surface area contributed by atoms with Crippen molar-refractivity contribution in [3.63, 3.8) is 0 Å². The highest BCUT2D eigenvalue weighted by molar-refractivity contribution is 7.90. The van der Waals surface area contributed by atoms with E-state index in [-0.39, 0.29) is 15.8 Å². The number of aryl methyl sites for hydroxylation is 1. The molecule has 0 bridgehead atoms. The number of nitrogens with zero attached hydrogens (tertiary/aromatic N) is 1. The van der Waals surface area contributed by atoms with E-state index >= 15 is 0 Å². The van der Waals surface area contributed by atoms with Gasteiger partial charge in [-0.25, -0.2) is 16.8 Å². The number of hydrogen-bond acceptors (Lipinski definition) is 2. The minimum Gasteiger partial charge on any atom is -0.241 e. The van der Waals surface area contributed by atoms with Crippen molar-refractivity contribution < 1.29 is 26.0 Å². The molecule has 0 aliphatic carbocycles. The van der Waals surface area contributed by atoms with E-state index in [1.54, 1.807) is 12.1 Å². The van der Waals surface area contributed by atoms with Crippen molar-refractivity contribution in [1.29, 1.82) is 0 Å². The van der Waals surface area contributed by atoms with Gasteiger partial charge in [0.05, 0.1) is 16.0 Å². The average molecular weight is 433 g/mol. The Morgan fingerprint density at radius 1 is 0.867 bits per heavy atom. The Bertz CT molecular complexity index is 1340. The molecule has 0 unspecified atom stereocenters.